The van der Waals surface area contributed by atoms with Crippen molar-refractivity contribution in [3.8, 4) is 6.07 Å². The predicted octanol–water partition coefficient (Wildman–Crippen LogP) is 2.89. The van der Waals surface area contributed by atoms with Crippen LogP contribution < -0.4 is 0 Å². The van der Waals surface area contributed by atoms with E-state index in [1.54, 1.807) is 6.07 Å². The molecule has 8 heteroatoms. The average molecular weight is 279 g/mol. The highest BCUT2D eigenvalue weighted by molar-refractivity contribution is 6.30. The lowest BCUT2D eigenvalue weighted by Gasteiger charge is -2.14. The monoisotopic (exact) mass is 278 g/mol. The lowest BCUT2D eigenvalue weighted by atomic mass is 9.99. The Morgan fingerprint density at radius 1 is 1.56 bits per heavy atom. The van der Waals surface area contributed by atoms with E-state index >= 15 is 0 Å². The molecule has 0 aliphatic carbocycles. The molecule has 1 N–H and O–H groups in total. The van der Waals surface area contributed by atoms with Crippen LogP contribution in [0.5, 0.6) is 0 Å². The summed E-state index contributed by atoms with van der Waals surface area (Å²) in [4.78, 5) is 13.9. The molecule has 0 aliphatic heterocycles. The standard InChI is InChI=1S/C10H6ClF3N2O2/c1-2-4-5(3-15)8(11)16-7(10(12,13)14)6(4)9(17)18/h2H2,1H3,(H,17,18). The molecular weight excluding hydrogens is 273 g/mol. The summed E-state index contributed by atoms with van der Waals surface area (Å²) < 4.78 is 38.0. The first-order valence-corrected chi connectivity index (χ1v) is 5.04. The van der Waals surface area contributed by atoms with Gasteiger partial charge in [0.05, 0.1) is 11.1 Å². The van der Waals surface area contributed by atoms with Gasteiger partial charge in [0.25, 0.3) is 0 Å². The largest absolute Gasteiger partial charge is 0.478 e. The quantitative estimate of drug-likeness (QED) is 0.844. The van der Waals surface area contributed by atoms with Gasteiger partial charge in [-0.1, -0.05) is 18.5 Å². The van der Waals surface area contributed by atoms with E-state index in [0.717, 1.165) is 0 Å². The second-order valence-corrected chi connectivity index (χ2v) is 3.61. The maximum atomic E-state index is 12.7. The third kappa shape index (κ3) is 2.38. The number of nitriles is 1. The highest BCUT2D eigenvalue weighted by atomic mass is 35.5. The second kappa shape index (κ2) is 4.82. The molecule has 0 saturated heterocycles. The zero-order chi connectivity index (χ0) is 14.1. The van der Waals surface area contributed by atoms with E-state index in [1.165, 1.54) is 6.92 Å². The summed E-state index contributed by atoms with van der Waals surface area (Å²) in [5, 5.41) is 17.0. The summed E-state index contributed by atoms with van der Waals surface area (Å²) in [6, 6.07) is 1.56. The van der Waals surface area contributed by atoms with E-state index in [-0.39, 0.29) is 17.5 Å². The number of hydrogen-bond acceptors (Lipinski definition) is 3. The zero-order valence-corrected chi connectivity index (χ0v) is 9.72. The molecule has 0 atom stereocenters. The minimum atomic E-state index is -4.95. The van der Waals surface area contributed by atoms with Gasteiger partial charge in [0, 0.05) is 0 Å². The molecule has 1 rings (SSSR count). The van der Waals surface area contributed by atoms with Crippen LogP contribution in [0.4, 0.5) is 13.2 Å². The van der Waals surface area contributed by atoms with Crippen molar-refractivity contribution in [3.63, 3.8) is 0 Å². The Balaban J connectivity index is 3.82. The topological polar surface area (TPSA) is 74.0 Å². The van der Waals surface area contributed by atoms with Gasteiger partial charge in [-0.05, 0) is 12.0 Å². The number of aromatic carboxylic acids is 1. The smallest absolute Gasteiger partial charge is 0.434 e. The molecule has 0 fully saturated rings. The predicted molar refractivity (Wildman–Crippen MR) is 55.3 cm³/mol. The maximum Gasteiger partial charge on any atom is 0.434 e. The number of aromatic nitrogens is 1. The SMILES string of the molecule is CCc1c(C#N)c(Cl)nc(C(F)(F)F)c1C(=O)O. The average Bonchev–Trinajstić information content (AvgIpc) is 2.25. The van der Waals surface area contributed by atoms with Gasteiger partial charge in [-0.2, -0.15) is 18.4 Å². The van der Waals surface area contributed by atoms with Crippen LogP contribution in [0.3, 0.4) is 0 Å². The Hall–Kier alpha value is -1.81. The van der Waals surface area contributed by atoms with Gasteiger partial charge in [0.1, 0.15) is 11.2 Å². The van der Waals surface area contributed by atoms with Gasteiger partial charge in [0.2, 0.25) is 0 Å². The van der Waals surface area contributed by atoms with Gasteiger partial charge in [-0.25, -0.2) is 9.78 Å². The van der Waals surface area contributed by atoms with Crippen LogP contribution in [0.15, 0.2) is 0 Å². The number of rotatable bonds is 2. The van der Waals surface area contributed by atoms with Gasteiger partial charge >= 0.3 is 12.1 Å². The molecule has 1 heterocycles. The summed E-state index contributed by atoms with van der Waals surface area (Å²) in [7, 11) is 0. The minimum absolute atomic E-state index is 0.0736. The first-order chi connectivity index (χ1) is 8.23. The van der Waals surface area contributed by atoms with Gasteiger partial charge in [-0.3, -0.25) is 0 Å². The molecule has 0 bridgehead atoms. The van der Waals surface area contributed by atoms with Crippen molar-refractivity contribution in [2.75, 3.05) is 0 Å². The Kier molecular flexibility index (Phi) is 3.82. The first-order valence-electron chi connectivity index (χ1n) is 4.67. The Labute approximate surface area is 105 Å². The fourth-order valence-corrected chi connectivity index (χ4v) is 1.75. The molecule has 0 aliphatic rings. The third-order valence-electron chi connectivity index (χ3n) is 2.20. The first kappa shape index (κ1) is 14.3. The summed E-state index contributed by atoms with van der Waals surface area (Å²) in [5.74, 6) is -1.79. The molecule has 4 nitrogen and oxygen atoms in total. The van der Waals surface area contributed by atoms with Crippen LogP contribution in [-0.2, 0) is 12.6 Å². The second-order valence-electron chi connectivity index (χ2n) is 3.25. The Bertz CT molecular complexity index is 550. The van der Waals surface area contributed by atoms with Crippen LogP contribution in [0.25, 0.3) is 0 Å². The molecule has 18 heavy (non-hydrogen) atoms. The summed E-state index contributed by atoms with van der Waals surface area (Å²) >= 11 is 5.47. The van der Waals surface area contributed by atoms with Crippen molar-refractivity contribution in [1.29, 1.82) is 5.26 Å². The molecule has 0 unspecified atom stereocenters. The highest BCUT2D eigenvalue weighted by Gasteiger charge is 2.40. The van der Waals surface area contributed by atoms with E-state index in [9.17, 15) is 18.0 Å². The number of pyridine rings is 1. The van der Waals surface area contributed by atoms with Crippen molar-refractivity contribution in [3.05, 3.63) is 27.5 Å². The maximum absolute atomic E-state index is 12.7. The Morgan fingerprint density at radius 2 is 2.11 bits per heavy atom. The fraction of sp³-hybridized carbons (Fsp3) is 0.300. The van der Waals surface area contributed by atoms with E-state index < -0.39 is 28.6 Å². The van der Waals surface area contributed by atoms with E-state index in [2.05, 4.69) is 4.98 Å². The van der Waals surface area contributed by atoms with Crippen LogP contribution in [0.1, 0.15) is 34.1 Å². The third-order valence-corrected chi connectivity index (χ3v) is 2.48. The molecular formula is C10H6ClF3N2O2. The van der Waals surface area contributed by atoms with E-state index in [4.69, 9.17) is 22.0 Å². The van der Waals surface area contributed by atoms with Gasteiger partial charge in [-0.15, -0.1) is 0 Å². The summed E-state index contributed by atoms with van der Waals surface area (Å²) in [5.41, 5.74) is -3.22. The van der Waals surface area contributed by atoms with Crippen LogP contribution in [-0.4, -0.2) is 16.1 Å². The normalized spacial score (nSPS) is 11.1. The number of carboxylic acid groups (broad SMARTS) is 1. The van der Waals surface area contributed by atoms with Crippen molar-refractivity contribution < 1.29 is 23.1 Å². The summed E-state index contributed by atoms with van der Waals surface area (Å²) in [6.45, 7) is 1.43. The molecule has 1 aromatic rings. The van der Waals surface area contributed by atoms with E-state index in [1.807, 2.05) is 0 Å². The van der Waals surface area contributed by atoms with E-state index in [0.29, 0.717) is 0 Å². The molecule has 96 valence electrons. The fourth-order valence-electron chi connectivity index (χ4n) is 1.51. The van der Waals surface area contributed by atoms with Crippen LogP contribution in [0, 0.1) is 11.3 Å². The molecule has 0 radical (unpaired) electrons. The molecule has 0 saturated carbocycles. The number of alkyl halides is 3. The Morgan fingerprint density at radius 3 is 2.44 bits per heavy atom. The molecule has 0 amide bonds. The number of carboxylic acids is 1. The lowest BCUT2D eigenvalue weighted by molar-refractivity contribution is -0.141. The van der Waals surface area contributed by atoms with Gasteiger partial charge in [0.15, 0.2) is 5.69 Å². The molecule has 0 spiro atoms. The van der Waals surface area contributed by atoms with Crippen LogP contribution >= 0.6 is 11.6 Å². The van der Waals surface area contributed by atoms with Crippen LogP contribution in [0.2, 0.25) is 5.15 Å². The van der Waals surface area contributed by atoms with Crippen molar-refractivity contribution in [2.24, 2.45) is 0 Å². The van der Waals surface area contributed by atoms with Crippen molar-refractivity contribution in [1.82, 2.24) is 4.98 Å². The zero-order valence-electron chi connectivity index (χ0n) is 8.97. The highest BCUT2D eigenvalue weighted by Crippen LogP contribution is 2.35. The number of hydrogen-bond donors (Lipinski definition) is 1. The number of carbonyl (C=O) groups is 1. The minimum Gasteiger partial charge on any atom is -0.478 e. The van der Waals surface area contributed by atoms with Crippen molar-refractivity contribution >= 4 is 17.6 Å². The van der Waals surface area contributed by atoms with Crippen molar-refractivity contribution in [2.45, 2.75) is 19.5 Å². The molecule has 0 aromatic carbocycles. The lowest BCUT2D eigenvalue weighted by Crippen LogP contribution is -2.19. The molecule has 1 aromatic heterocycles. The number of nitrogens with zero attached hydrogens (tertiary/aromatic N) is 2. The van der Waals surface area contributed by atoms with Gasteiger partial charge < -0.3 is 5.11 Å². The number of halogens is 4. The summed E-state index contributed by atoms with van der Waals surface area (Å²) in [6.07, 6.45) is -5.02.